The molecule has 1 fully saturated rings. The highest BCUT2D eigenvalue weighted by atomic mass is 14.3. The van der Waals surface area contributed by atoms with Crippen LogP contribution in [-0.2, 0) is 0 Å². The van der Waals surface area contributed by atoms with E-state index in [2.05, 4.69) is 33.1 Å². The first-order valence-electron chi connectivity index (χ1n) is 17.0. The van der Waals surface area contributed by atoms with E-state index >= 15 is 0 Å². The first kappa shape index (κ1) is 35.5. The van der Waals surface area contributed by atoms with Crippen LogP contribution in [0.4, 0.5) is 0 Å². The molecule has 0 amide bonds. The lowest BCUT2D eigenvalue weighted by molar-refractivity contribution is 0.220. The minimum Gasteiger partial charge on any atom is -0.103 e. The van der Waals surface area contributed by atoms with Gasteiger partial charge >= 0.3 is 0 Å². The van der Waals surface area contributed by atoms with Gasteiger partial charge in [-0.25, -0.2) is 0 Å². The minimum absolute atomic E-state index is 1.00. The monoisotopic (exact) mass is 503 g/mol. The van der Waals surface area contributed by atoms with E-state index < -0.39 is 0 Å². The molecule has 0 nitrogen and oxygen atoms in total. The van der Waals surface area contributed by atoms with Gasteiger partial charge in [-0.05, 0) is 37.5 Å². The quantitative estimate of drug-likeness (QED) is 0.0859. The average molecular weight is 503 g/mol. The van der Waals surface area contributed by atoms with Gasteiger partial charge in [0.05, 0.1) is 0 Å². The summed E-state index contributed by atoms with van der Waals surface area (Å²) in [5, 5.41) is 0. The highest BCUT2D eigenvalue weighted by Crippen LogP contribution is 2.35. The first-order chi connectivity index (χ1) is 17.8. The molecule has 0 aromatic heterocycles. The third-order valence-corrected chi connectivity index (χ3v) is 8.50. The molecule has 36 heavy (non-hydrogen) atoms. The zero-order chi connectivity index (χ0) is 26.4. The van der Waals surface area contributed by atoms with Crippen molar-refractivity contribution in [3.8, 4) is 0 Å². The molecule has 0 spiro atoms. The van der Waals surface area contributed by atoms with Gasteiger partial charge in [-0.1, -0.05) is 180 Å². The summed E-state index contributed by atoms with van der Waals surface area (Å²) in [5.41, 5.74) is 0. The summed E-state index contributed by atoms with van der Waals surface area (Å²) in [6.45, 7) is 12.2. The number of rotatable bonds is 25. The lowest BCUT2D eigenvalue weighted by Gasteiger charge is -2.30. The van der Waals surface area contributed by atoms with Crippen molar-refractivity contribution in [1.29, 1.82) is 0 Å². The third-order valence-electron chi connectivity index (χ3n) is 8.50. The summed E-state index contributed by atoms with van der Waals surface area (Å²) in [6.07, 6.45) is 44.4. The molecule has 0 aliphatic heterocycles. The van der Waals surface area contributed by atoms with Crippen LogP contribution in [-0.4, -0.2) is 0 Å². The van der Waals surface area contributed by atoms with Crippen molar-refractivity contribution in [2.24, 2.45) is 11.8 Å². The molecule has 0 radical (unpaired) electrons. The second kappa shape index (κ2) is 30.7. The Balaban J connectivity index is 0.000000757. The molecule has 1 rings (SSSR count). The zero-order valence-corrected chi connectivity index (χ0v) is 25.5. The Kier molecular flexibility index (Phi) is 30.3. The second-order valence-electron chi connectivity index (χ2n) is 11.9. The van der Waals surface area contributed by atoms with Crippen LogP contribution in [0.5, 0.6) is 0 Å². The van der Waals surface area contributed by atoms with Gasteiger partial charge < -0.3 is 0 Å². The maximum Gasteiger partial charge on any atom is -0.0351 e. The van der Waals surface area contributed by atoms with Crippen molar-refractivity contribution in [2.45, 2.75) is 194 Å². The molecule has 1 atom stereocenters. The van der Waals surface area contributed by atoms with Crippen molar-refractivity contribution in [3.05, 3.63) is 25.3 Å². The summed E-state index contributed by atoms with van der Waals surface area (Å²) in [6, 6.07) is 0. The van der Waals surface area contributed by atoms with Gasteiger partial charge in [0.2, 0.25) is 0 Å². The predicted molar refractivity (Wildman–Crippen MR) is 168 cm³/mol. The highest BCUT2D eigenvalue weighted by molar-refractivity contribution is 4.77. The van der Waals surface area contributed by atoms with E-state index in [1.165, 1.54) is 180 Å². The minimum atomic E-state index is 1.00. The summed E-state index contributed by atoms with van der Waals surface area (Å²) in [7, 11) is 0. The molecule has 0 saturated heterocycles. The Bertz CT molecular complexity index is 416. The van der Waals surface area contributed by atoms with Gasteiger partial charge in [0.1, 0.15) is 0 Å². The lowest BCUT2D eigenvalue weighted by Crippen LogP contribution is -2.18. The normalized spacial score (nSPS) is 14.7. The molecule has 1 aliphatic rings. The molecular formula is C36H70. The van der Waals surface area contributed by atoms with E-state index in [4.69, 9.17) is 0 Å². The molecular weight excluding hydrogens is 432 g/mol. The fourth-order valence-electron chi connectivity index (χ4n) is 6.05. The van der Waals surface area contributed by atoms with Gasteiger partial charge in [0, 0.05) is 0 Å². The fraction of sp³-hybridized carbons (Fsp3) is 0.889. The Morgan fingerprint density at radius 3 is 1.36 bits per heavy atom. The summed E-state index contributed by atoms with van der Waals surface area (Å²) in [5.74, 6) is 2.05. The number of hydrogen-bond acceptors (Lipinski definition) is 0. The molecule has 1 aliphatic carbocycles. The molecule has 0 aromatic carbocycles. The van der Waals surface area contributed by atoms with E-state index in [0.29, 0.717) is 0 Å². The van der Waals surface area contributed by atoms with E-state index in [9.17, 15) is 0 Å². The van der Waals surface area contributed by atoms with E-state index in [-0.39, 0.29) is 0 Å². The molecule has 1 saturated carbocycles. The molecule has 0 aromatic rings. The molecule has 0 bridgehead atoms. The number of unbranched alkanes of at least 4 members (excludes halogenated alkanes) is 18. The van der Waals surface area contributed by atoms with Crippen LogP contribution in [0.2, 0.25) is 0 Å². The first-order valence-corrected chi connectivity index (χ1v) is 17.0. The third kappa shape index (κ3) is 25.1. The van der Waals surface area contributed by atoms with Gasteiger partial charge in [0.25, 0.3) is 0 Å². The average Bonchev–Trinajstić information content (AvgIpc) is 2.91. The molecule has 214 valence electrons. The maximum atomic E-state index is 3.93. The van der Waals surface area contributed by atoms with Crippen LogP contribution in [0, 0.1) is 11.8 Å². The molecule has 0 heteroatoms. The Morgan fingerprint density at radius 1 is 0.500 bits per heavy atom. The van der Waals surface area contributed by atoms with Crippen molar-refractivity contribution in [3.63, 3.8) is 0 Å². The van der Waals surface area contributed by atoms with Crippen LogP contribution in [0.25, 0.3) is 0 Å². The summed E-state index contributed by atoms with van der Waals surface area (Å²) in [4.78, 5) is 0. The van der Waals surface area contributed by atoms with E-state index in [0.717, 1.165) is 11.8 Å². The van der Waals surface area contributed by atoms with Gasteiger partial charge in [-0.2, -0.15) is 0 Å². The Hall–Kier alpha value is -0.520. The van der Waals surface area contributed by atoms with Gasteiger partial charge in [-0.3, -0.25) is 0 Å². The van der Waals surface area contributed by atoms with E-state index in [1.54, 1.807) is 0 Å². The molecule has 1 unspecified atom stereocenters. The predicted octanol–water partition coefficient (Wildman–Crippen LogP) is 13.6. The van der Waals surface area contributed by atoms with Crippen LogP contribution < -0.4 is 0 Å². The largest absolute Gasteiger partial charge is 0.103 e. The highest BCUT2D eigenvalue weighted by Gasteiger charge is 2.22. The van der Waals surface area contributed by atoms with Crippen LogP contribution in [0.3, 0.4) is 0 Å². The van der Waals surface area contributed by atoms with Crippen molar-refractivity contribution in [2.75, 3.05) is 0 Å². The van der Waals surface area contributed by atoms with Crippen molar-refractivity contribution >= 4 is 0 Å². The van der Waals surface area contributed by atoms with Crippen molar-refractivity contribution in [1.82, 2.24) is 0 Å². The standard InChI is InChI=1S/C22H42.C14H28/c1-3-5-7-8-9-10-11-12-14-18-21(17-6-4-2)22-19-15-13-16-20-22;1-3-5-7-9-11-13-14-12-10-8-6-4-2/h4,21-22H,2-3,5-20H2,1H3;3H,1,4-14H2,2H3. The summed E-state index contributed by atoms with van der Waals surface area (Å²) >= 11 is 0. The second-order valence-corrected chi connectivity index (χ2v) is 11.9. The maximum absolute atomic E-state index is 3.93. The molecule has 0 heterocycles. The Morgan fingerprint density at radius 2 is 0.917 bits per heavy atom. The van der Waals surface area contributed by atoms with Gasteiger partial charge in [0.15, 0.2) is 0 Å². The van der Waals surface area contributed by atoms with Crippen LogP contribution in [0.1, 0.15) is 194 Å². The topological polar surface area (TPSA) is 0 Å². The zero-order valence-electron chi connectivity index (χ0n) is 25.5. The van der Waals surface area contributed by atoms with Crippen LogP contribution in [0.15, 0.2) is 25.3 Å². The SMILES string of the molecule is C=CCCC(CCCCCCCCCCC)C1CCCCC1.C=CCCCCCCCCCCCC. The number of hydrogen-bond donors (Lipinski definition) is 0. The van der Waals surface area contributed by atoms with E-state index in [1.807, 2.05) is 6.08 Å². The lowest BCUT2D eigenvalue weighted by atomic mass is 9.76. The smallest absolute Gasteiger partial charge is 0.0351 e. The Labute approximate surface area is 230 Å². The molecule has 0 N–H and O–H groups in total. The van der Waals surface area contributed by atoms with Crippen LogP contribution >= 0.6 is 0 Å². The number of allylic oxidation sites excluding steroid dienone is 2. The van der Waals surface area contributed by atoms with Crippen molar-refractivity contribution < 1.29 is 0 Å². The van der Waals surface area contributed by atoms with Gasteiger partial charge in [-0.15, -0.1) is 13.2 Å². The summed E-state index contributed by atoms with van der Waals surface area (Å²) < 4.78 is 0. The fourth-order valence-corrected chi connectivity index (χ4v) is 6.05.